The van der Waals surface area contributed by atoms with Crippen LogP contribution in [0.15, 0.2) is 70.7 Å². The molecule has 0 aliphatic heterocycles. The van der Waals surface area contributed by atoms with Gasteiger partial charge < -0.3 is 9.73 Å². The van der Waals surface area contributed by atoms with Crippen molar-refractivity contribution in [2.75, 3.05) is 5.32 Å². The number of nitrogens with zero attached hydrogens (tertiary/aromatic N) is 3. The highest BCUT2D eigenvalue weighted by molar-refractivity contribution is 6.09. The van der Waals surface area contributed by atoms with Crippen LogP contribution in [-0.4, -0.2) is 15.8 Å². The molecule has 0 aliphatic rings. The van der Waals surface area contributed by atoms with Crippen LogP contribution >= 0.6 is 0 Å². The van der Waals surface area contributed by atoms with Crippen LogP contribution in [-0.2, 0) is 4.79 Å². The fourth-order valence-corrected chi connectivity index (χ4v) is 2.49. The number of non-ortho nitro benzene ring substituents is 2. The number of rotatable bonds is 6. The number of nitriles is 1. The van der Waals surface area contributed by atoms with E-state index in [0.717, 1.165) is 0 Å². The highest BCUT2D eigenvalue weighted by Crippen LogP contribution is 2.25. The molecule has 0 unspecified atom stereocenters. The van der Waals surface area contributed by atoms with Crippen LogP contribution in [0.4, 0.5) is 17.1 Å². The lowest BCUT2D eigenvalue weighted by molar-refractivity contribution is -0.385. The summed E-state index contributed by atoms with van der Waals surface area (Å²) < 4.78 is 5.59. The third-order valence-corrected chi connectivity index (χ3v) is 3.98. The zero-order chi connectivity index (χ0) is 21.7. The molecular formula is C20H12N4O6. The summed E-state index contributed by atoms with van der Waals surface area (Å²) in [5.41, 5.74) is 0.461. The van der Waals surface area contributed by atoms with Crippen LogP contribution in [0.25, 0.3) is 17.4 Å². The van der Waals surface area contributed by atoms with E-state index in [4.69, 9.17) is 4.42 Å². The Hall–Kier alpha value is -4.78. The Morgan fingerprint density at radius 3 is 2.03 bits per heavy atom. The molecule has 0 radical (unpaired) electrons. The number of carbonyl (C=O) groups excluding carboxylic acids is 1. The van der Waals surface area contributed by atoms with Crippen LogP contribution in [0.5, 0.6) is 0 Å². The van der Waals surface area contributed by atoms with E-state index in [2.05, 4.69) is 5.32 Å². The third-order valence-electron chi connectivity index (χ3n) is 3.98. The Kier molecular flexibility index (Phi) is 5.65. The molecule has 3 rings (SSSR count). The zero-order valence-electron chi connectivity index (χ0n) is 15.1. The van der Waals surface area contributed by atoms with Crippen molar-refractivity contribution in [2.24, 2.45) is 0 Å². The van der Waals surface area contributed by atoms with Crippen molar-refractivity contribution in [3.05, 3.63) is 92.2 Å². The molecule has 2 aromatic carbocycles. The van der Waals surface area contributed by atoms with Gasteiger partial charge in [-0.2, -0.15) is 5.26 Å². The van der Waals surface area contributed by atoms with Gasteiger partial charge in [-0.25, -0.2) is 0 Å². The van der Waals surface area contributed by atoms with E-state index >= 15 is 0 Å². The van der Waals surface area contributed by atoms with Crippen molar-refractivity contribution < 1.29 is 19.1 Å². The lowest BCUT2D eigenvalue weighted by Crippen LogP contribution is -2.13. The molecule has 1 aromatic heterocycles. The highest BCUT2D eigenvalue weighted by Gasteiger charge is 2.13. The second-order valence-corrected chi connectivity index (χ2v) is 5.93. The van der Waals surface area contributed by atoms with Gasteiger partial charge in [-0.05, 0) is 36.4 Å². The van der Waals surface area contributed by atoms with Crippen molar-refractivity contribution in [2.45, 2.75) is 0 Å². The molecule has 10 nitrogen and oxygen atoms in total. The first-order valence-electron chi connectivity index (χ1n) is 8.39. The Morgan fingerprint density at radius 1 is 0.933 bits per heavy atom. The molecule has 30 heavy (non-hydrogen) atoms. The maximum atomic E-state index is 12.3. The molecular weight excluding hydrogens is 392 g/mol. The van der Waals surface area contributed by atoms with Crippen LogP contribution in [0.1, 0.15) is 5.76 Å². The summed E-state index contributed by atoms with van der Waals surface area (Å²) in [6.07, 6.45) is 1.25. The molecule has 0 saturated carbocycles. The zero-order valence-corrected chi connectivity index (χ0v) is 15.1. The van der Waals surface area contributed by atoms with Gasteiger partial charge in [0.2, 0.25) is 0 Å². The minimum Gasteiger partial charge on any atom is -0.457 e. The summed E-state index contributed by atoms with van der Waals surface area (Å²) in [7, 11) is 0. The van der Waals surface area contributed by atoms with E-state index in [1.165, 1.54) is 54.6 Å². The molecule has 1 N–H and O–H groups in total. The number of anilines is 1. The maximum absolute atomic E-state index is 12.3. The maximum Gasteiger partial charge on any atom is 0.269 e. The van der Waals surface area contributed by atoms with Crippen molar-refractivity contribution in [3.8, 4) is 17.4 Å². The van der Waals surface area contributed by atoms with Gasteiger partial charge in [0, 0.05) is 41.6 Å². The smallest absolute Gasteiger partial charge is 0.269 e. The van der Waals surface area contributed by atoms with Gasteiger partial charge in [-0.15, -0.1) is 0 Å². The van der Waals surface area contributed by atoms with Crippen LogP contribution in [0, 0.1) is 31.6 Å². The first-order chi connectivity index (χ1) is 14.4. The van der Waals surface area contributed by atoms with Crippen LogP contribution < -0.4 is 5.32 Å². The Balaban J connectivity index is 1.75. The van der Waals surface area contributed by atoms with Crippen LogP contribution in [0.2, 0.25) is 0 Å². The highest BCUT2D eigenvalue weighted by atomic mass is 16.6. The standard InChI is InChI=1S/C20H12N4O6/c21-12-14(20(25)22-15-3-7-17(8-4-15)24(28)29)11-18-9-10-19(30-18)13-1-5-16(6-2-13)23(26)27/h1-11H,(H,22,25)/b14-11+. The van der Waals surface area contributed by atoms with E-state index in [1.807, 2.05) is 0 Å². The summed E-state index contributed by atoms with van der Waals surface area (Å²) in [5, 5.41) is 33.2. The predicted octanol–water partition coefficient (Wildman–Crippen LogP) is 4.31. The summed E-state index contributed by atoms with van der Waals surface area (Å²) in [5.74, 6) is -0.0670. The number of nitro benzene ring substituents is 2. The quantitative estimate of drug-likeness (QED) is 0.278. The van der Waals surface area contributed by atoms with E-state index in [-0.39, 0.29) is 28.4 Å². The molecule has 148 valence electrons. The van der Waals surface area contributed by atoms with Gasteiger partial charge in [0.25, 0.3) is 17.3 Å². The SMILES string of the molecule is N#C/C(=C\c1ccc(-c2ccc([N+](=O)[O-])cc2)o1)C(=O)Nc1ccc([N+](=O)[O-])cc1. The van der Waals surface area contributed by atoms with Gasteiger partial charge >= 0.3 is 0 Å². The Labute approximate surface area is 169 Å². The van der Waals surface area contributed by atoms with Crippen molar-refractivity contribution in [1.29, 1.82) is 5.26 Å². The largest absolute Gasteiger partial charge is 0.457 e. The second kappa shape index (κ2) is 8.49. The third kappa shape index (κ3) is 4.55. The number of hydrogen-bond donors (Lipinski definition) is 1. The van der Waals surface area contributed by atoms with Crippen LogP contribution in [0.3, 0.4) is 0 Å². The van der Waals surface area contributed by atoms with Gasteiger partial charge in [0.05, 0.1) is 9.85 Å². The minimum absolute atomic E-state index is 0.0555. The molecule has 1 heterocycles. The number of nitro groups is 2. The summed E-state index contributed by atoms with van der Waals surface area (Å²) in [6.45, 7) is 0. The summed E-state index contributed by atoms with van der Waals surface area (Å²) in [4.78, 5) is 32.6. The van der Waals surface area contributed by atoms with Gasteiger partial charge in [-0.3, -0.25) is 25.0 Å². The topological polar surface area (TPSA) is 152 Å². The number of hydrogen-bond acceptors (Lipinski definition) is 7. The molecule has 10 heteroatoms. The van der Waals surface area contributed by atoms with E-state index in [9.17, 15) is 30.3 Å². The summed E-state index contributed by atoms with van der Waals surface area (Å²) in [6, 6.07) is 15.8. The molecule has 1 amide bonds. The molecule has 3 aromatic rings. The predicted molar refractivity (Wildman–Crippen MR) is 106 cm³/mol. The second-order valence-electron chi connectivity index (χ2n) is 5.93. The van der Waals surface area contributed by atoms with E-state index in [0.29, 0.717) is 11.3 Å². The minimum atomic E-state index is -0.709. The number of carbonyl (C=O) groups is 1. The van der Waals surface area contributed by atoms with Crippen molar-refractivity contribution in [3.63, 3.8) is 0 Å². The molecule has 0 saturated heterocycles. The molecule has 0 atom stereocenters. The number of furan rings is 1. The van der Waals surface area contributed by atoms with Gasteiger partial charge in [0.1, 0.15) is 23.2 Å². The monoisotopic (exact) mass is 404 g/mol. The summed E-state index contributed by atoms with van der Waals surface area (Å²) >= 11 is 0. The van der Waals surface area contributed by atoms with Crippen molar-refractivity contribution in [1.82, 2.24) is 0 Å². The van der Waals surface area contributed by atoms with E-state index in [1.54, 1.807) is 18.2 Å². The molecule has 0 bridgehead atoms. The lowest BCUT2D eigenvalue weighted by Gasteiger charge is -2.03. The van der Waals surface area contributed by atoms with Gasteiger partial charge in [0.15, 0.2) is 0 Å². The normalized spacial score (nSPS) is 10.8. The van der Waals surface area contributed by atoms with Gasteiger partial charge in [-0.1, -0.05) is 0 Å². The molecule has 0 fully saturated rings. The first kappa shape index (κ1) is 20.0. The Bertz CT molecular complexity index is 1190. The number of amides is 1. The average Bonchev–Trinajstić information content (AvgIpc) is 3.21. The van der Waals surface area contributed by atoms with Crippen molar-refractivity contribution >= 4 is 29.0 Å². The van der Waals surface area contributed by atoms with E-state index < -0.39 is 15.8 Å². The molecule has 0 spiro atoms. The first-order valence-corrected chi connectivity index (χ1v) is 8.39. The average molecular weight is 404 g/mol. The lowest BCUT2D eigenvalue weighted by atomic mass is 10.1. The number of benzene rings is 2. The number of nitrogens with one attached hydrogen (secondary N) is 1. The fraction of sp³-hybridized carbons (Fsp3) is 0. The molecule has 0 aliphatic carbocycles. The Morgan fingerprint density at radius 2 is 1.50 bits per heavy atom. The fourth-order valence-electron chi connectivity index (χ4n) is 2.49.